The molecule has 13 nitrogen and oxygen atoms in total. The van der Waals surface area contributed by atoms with Crippen molar-refractivity contribution in [3.8, 4) is 17.6 Å². The molecular weight excluding hydrogens is 698 g/mol. The smallest absolute Gasteiger partial charge is 0.337 e. The van der Waals surface area contributed by atoms with Gasteiger partial charge in [-0.1, -0.05) is 68.5 Å². The zero-order chi connectivity index (χ0) is 40.6. The number of carbonyl (C=O) groups is 6. The summed E-state index contributed by atoms with van der Waals surface area (Å²) in [4.78, 5) is 75.3. The Balaban J connectivity index is 3.12. The summed E-state index contributed by atoms with van der Waals surface area (Å²) in [5.74, 6) is -2.20. The van der Waals surface area contributed by atoms with Crippen molar-refractivity contribution < 1.29 is 58.3 Å². The van der Waals surface area contributed by atoms with Gasteiger partial charge in [0.15, 0.2) is 5.60 Å². The standard InChI is InChI=1S/C41H57NO12/c1-6-8-10-13-16-19-31(43)20-17-14-11-12-15-18-21-33(41(51,38(48)49)28-35(44)45)36(46)42-34(37(47)53-29-54-39(50)40(3,4)5)27-30-22-24-32(25-23-30)52-26-9-7-2/h10,13,18,21-25,33-34,51H,6,8,11-12,14-17,19-20,26-29H2,1-5H3,(H,42,46)(H,44,45)(H,48,49)/b13-10-,21-18+/t33-,34+,41+/m1/s1. The molecule has 0 unspecified atom stereocenters. The molecule has 0 spiro atoms. The Kier molecular flexibility index (Phi) is 21.9. The number of carboxylic acid groups (broad SMARTS) is 2. The molecule has 0 aliphatic heterocycles. The minimum atomic E-state index is -3.07. The Morgan fingerprint density at radius 3 is 2.15 bits per heavy atom. The number of amides is 1. The summed E-state index contributed by atoms with van der Waals surface area (Å²) in [6.07, 6.45) is 12.3. The van der Waals surface area contributed by atoms with E-state index in [-0.39, 0.29) is 18.8 Å². The number of aliphatic carboxylic acids is 2. The number of benzene rings is 1. The van der Waals surface area contributed by atoms with Crippen molar-refractivity contribution in [1.29, 1.82) is 0 Å². The van der Waals surface area contributed by atoms with Gasteiger partial charge in [-0.25, -0.2) is 9.59 Å². The fraction of sp³-hybridized carbons (Fsp3) is 0.561. The molecule has 1 aromatic rings. The average molecular weight is 756 g/mol. The number of unbranched alkanes of at least 4 members (excludes halogenated alkanes) is 5. The van der Waals surface area contributed by atoms with Gasteiger partial charge in [0.1, 0.15) is 24.2 Å². The van der Waals surface area contributed by atoms with Crippen LogP contribution in [0, 0.1) is 23.2 Å². The van der Waals surface area contributed by atoms with Gasteiger partial charge in [0.05, 0.1) is 17.8 Å². The van der Waals surface area contributed by atoms with Crippen molar-refractivity contribution in [3.63, 3.8) is 0 Å². The Hall–Kier alpha value is -4.96. The molecule has 0 aliphatic rings. The fourth-order valence-electron chi connectivity index (χ4n) is 5.02. The maximum Gasteiger partial charge on any atom is 0.337 e. The second-order valence-electron chi connectivity index (χ2n) is 13.9. The quantitative estimate of drug-likeness (QED) is 0.0295. The predicted molar refractivity (Wildman–Crippen MR) is 201 cm³/mol. The molecule has 0 bridgehead atoms. The number of aliphatic hydroxyl groups is 1. The summed E-state index contributed by atoms with van der Waals surface area (Å²) in [6, 6.07) is 5.01. The maximum atomic E-state index is 13.8. The van der Waals surface area contributed by atoms with Gasteiger partial charge < -0.3 is 34.8 Å². The van der Waals surface area contributed by atoms with Crippen LogP contribution >= 0.6 is 0 Å². The van der Waals surface area contributed by atoms with Gasteiger partial charge in [-0.05, 0) is 77.5 Å². The first-order chi connectivity index (χ1) is 25.5. The van der Waals surface area contributed by atoms with Gasteiger partial charge in [0.25, 0.3) is 0 Å². The lowest BCUT2D eigenvalue weighted by molar-refractivity contribution is -0.176. The van der Waals surface area contributed by atoms with Gasteiger partial charge in [-0.2, -0.15) is 0 Å². The van der Waals surface area contributed by atoms with Crippen LogP contribution in [0.4, 0.5) is 0 Å². The number of ether oxygens (including phenoxy) is 3. The normalized spacial score (nSPS) is 13.6. The number of rotatable bonds is 26. The third-order valence-corrected chi connectivity index (χ3v) is 8.16. The Labute approximate surface area is 318 Å². The van der Waals surface area contributed by atoms with Gasteiger partial charge in [0.2, 0.25) is 12.7 Å². The highest BCUT2D eigenvalue weighted by Gasteiger charge is 2.49. The van der Waals surface area contributed by atoms with Gasteiger partial charge in [0, 0.05) is 19.3 Å². The molecule has 1 aromatic carbocycles. The number of hydrogen-bond donors (Lipinski definition) is 4. The van der Waals surface area contributed by atoms with Crippen LogP contribution in [-0.4, -0.2) is 75.9 Å². The van der Waals surface area contributed by atoms with E-state index in [1.807, 2.05) is 6.08 Å². The highest BCUT2D eigenvalue weighted by molar-refractivity contribution is 5.95. The number of esters is 2. The third kappa shape index (κ3) is 18.7. The van der Waals surface area contributed by atoms with E-state index in [9.17, 15) is 44.1 Å². The number of ketones is 1. The minimum Gasteiger partial charge on any atom is -0.481 e. The summed E-state index contributed by atoms with van der Waals surface area (Å²) < 4.78 is 15.7. The Morgan fingerprint density at radius 2 is 1.54 bits per heavy atom. The van der Waals surface area contributed by atoms with Crippen molar-refractivity contribution in [1.82, 2.24) is 5.32 Å². The van der Waals surface area contributed by atoms with Crippen LogP contribution in [0.2, 0.25) is 0 Å². The van der Waals surface area contributed by atoms with Crippen LogP contribution in [0.5, 0.6) is 5.75 Å². The zero-order valence-corrected chi connectivity index (χ0v) is 32.2. The highest BCUT2D eigenvalue weighted by Crippen LogP contribution is 2.26. The molecule has 54 heavy (non-hydrogen) atoms. The predicted octanol–water partition coefficient (Wildman–Crippen LogP) is 5.72. The molecule has 0 radical (unpaired) electrons. The summed E-state index contributed by atoms with van der Waals surface area (Å²) in [5.41, 5.74) is -3.44. The van der Waals surface area contributed by atoms with Crippen molar-refractivity contribution >= 4 is 35.6 Å². The van der Waals surface area contributed by atoms with Crippen LogP contribution in [-0.2, 0) is 44.7 Å². The molecule has 3 atom stereocenters. The summed E-state index contributed by atoms with van der Waals surface area (Å²) in [6.45, 7) is 7.98. The highest BCUT2D eigenvalue weighted by atomic mass is 16.7. The van der Waals surface area contributed by atoms with Crippen molar-refractivity contribution in [2.45, 2.75) is 123 Å². The van der Waals surface area contributed by atoms with E-state index in [1.54, 1.807) is 52.0 Å². The molecule has 1 rings (SSSR count). The zero-order valence-electron chi connectivity index (χ0n) is 32.2. The van der Waals surface area contributed by atoms with Crippen molar-refractivity contribution in [2.75, 3.05) is 13.4 Å². The molecule has 0 aliphatic carbocycles. The molecule has 0 heterocycles. The average Bonchev–Trinajstić information content (AvgIpc) is 3.10. The maximum absolute atomic E-state index is 13.8. The SMILES string of the molecule is CC#CCOc1ccc(C[C@H](NC(=O)[C@@H](/C=C/CCCCCCC(=O)CC/C=C\CCC)[C@@](O)(CC(=O)O)C(=O)O)C(=O)OCOC(=O)C(C)(C)C)cc1. The molecule has 0 aromatic heterocycles. The Morgan fingerprint density at radius 1 is 0.870 bits per heavy atom. The van der Waals surface area contributed by atoms with Gasteiger partial charge in [-0.3, -0.25) is 19.2 Å². The van der Waals surface area contributed by atoms with Gasteiger partial charge in [-0.15, -0.1) is 5.92 Å². The molecule has 4 N–H and O–H groups in total. The van der Waals surface area contributed by atoms with Crippen molar-refractivity contribution in [3.05, 3.63) is 54.1 Å². The van der Waals surface area contributed by atoms with E-state index in [0.717, 1.165) is 44.6 Å². The first-order valence-corrected chi connectivity index (χ1v) is 18.3. The lowest BCUT2D eigenvalue weighted by atomic mass is 9.82. The summed E-state index contributed by atoms with van der Waals surface area (Å²) >= 11 is 0. The largest absolute Gasteiger partial charge is 0.481 e. The number of hydrogen-bond acceptors (Lipinski definition) is 10. The lowest BCUT2D eigenvalue weighted by Gasteiger charge is -2.30. The van der Waals surface area contributed by atoms with E-state index in [4.69, 9.17) is 14.2 Å². The Bertz CT molecular complexity index is 1500. The van der Waals surface area contributed by atoms with Crippen LogP contribution in [0.1, 0.15) is 111 Å². The topological polar surface area (TPSA) is 203 Å². The third-order valence-electron chi connectivity index (χ3n) is 8.16. The van der Waals surface area contributed by atoms with Crippen LogP contribution in [0.25, 0.3) is 0 Å². The van der Waals surface area contributed by atoms with E-state index >= 15 is 0 Å². The second kappa shape index (κ2) is 25.1. The minimum absolute atomic E-state index is 0.157. The summed E-state index contributed by atoms with van der Waals surface area (Å²) in [7, 11) is 0. The number of allylic oxidation sites excluding steroid dienone is 3. The fourth-order valence-corrected chi connectivity index (χ4v) is 5.02. The molecule has 298 valence electrons. The molecular formula is C41H57NO12. The molecule has 0 fully saturated rings. The number of carboxylic acids is 2. The van der Waals surface area contributed by atoms with Crippen LogP contribution < -0.4 is 10.1 Å². The number of Topliss-reactive ketones (excluding diaryl/α,β-unsaturated/α-hetero) is 1. The molecule has 0 saturated heterocycles. The van der Waals surface area contributed by atoms with Gasteiger partial charge >= 0.3 is 23.9 Å². The first-order valence-electron chi connectivity index (χ1n) is 18.3. The monoisotopic (exact) mass is 755 g/mol. The van der Waals surface area contributed by atoms with E-state index in [2.05, 4.69) is 30.2 Å². The van der Waals surface area contributed by atoms with Crippen LogP contribution in [0.15, 0.2) is 48.6 Å². The van der Waals surface area contributed by atoms with Crippen LogP contribution in [0.3, 0.4) is 0 Å². The second-order valence-corrected chi connectivity index (χ2v) is 13.9. The van der Waals surface area contributed by atoms with E-state index in [1.165, 1.54) is 6.08 Å². The number of nitrogens with one attached hydrogen (secondary N) is 1. The lowest BCUT2D eigenvalue weighted by Crippen LogP contribution is -2.55. The molecule has 0 saturated carbocycles. The first kappa shape index (κ1) is 47.1. The molecule has 13 heteroatoms. The van der Waals surface area contributed by atoms with E-state index < -0.39 is 66.0 Å². The molecule has 1 amide bonds. The summed E-state index contributed by atoms with van der Waals surface area (Å²) in [5, 5.41) is 32.9. The number of carbonyl (C=O) groups excluding carboxylic acids is 4. The van der Waals surface area contributed by atoms with E-state index in [0.29, 0.717) is 37.0 Å². The van der Waals surface area contributed by atoms with Crippen molar-refractivity contribution in [2.24, 2.45) is 11.3 Å².